The lowest BCUT2D eigenvalue weighted by Crippen LogP contribution is -2.28. The number of ketones is 1. The van der Waals surface area contributed by atoms with Gasteiger partial charge in [0.1, 0.15) is 11.3 Å². The molecule has 0 aliphatic heterocycles. The van der Waals surface area contributed by atoms with Gasteiger partial charge >= 0.3 is 0 Å². The molecule has 1 heterocycles. The van der Waals surface area contributed by atoms with Gasteiger partial charge in [0, 0.05) is 0 Å². The first kappa shape index (κ1) is 15.8. The van der Waals surface area contributed by atoms with Crippen LogP contribution in [-0.2, 0) is 4.79 Å². The fraction of sp³-hybridized carbons (Fsp3) is 0.300. The topological polar surface area (TPSA) is 102 Å². The zero-order valence-corrected chi connectivity index (χ0v) is 12.1. The summed E-state index contributed by atoms with van der Waals surface area (Å²) in [5, 5.41) is 2.09. The quantitative estimate of drug-likeness (QED) is 0.656. The van der Waals surface area contributed by atoms with Crippen LogP contribution in [0.3, 0.4) is 0 Å². The van der Waals surface area contributed by atoms with Crippen molar-refractivity contribution in [3.8, 4) is 0 Å². The van der Waals surface area contributed by atoms with Gasteiger partial charge in [0.2, 0.25) is 5.88 Å². The average molecular weight is 328 g/mol. The molecule has 2 amide bonds. The van der Waals surface area contributed by atoms with E-state index < -0.39 is 21.4 Å². The van der Waals surface area contributed by atoms with E-state index in [1.165, 1.54) is 13.8 Å². The molecule has 0 aromatic carbocycles. The SMILES string of the molecule is CC(=O)c1c(C)oc(NC(=O)C(Cl)(Cl)Cl)c1C(N)=O. The molecule has 1 aromatic rings. The van der Waals surface area contributed by atoms with Crippen molar-refractivity contribution in [3.63, 3.8) is 0 Å². The van der Waals surface area contributed by atoms with Crippen molar-refractivity contribution in [2.75, 3.05) is 5.32 Å². The molecule has 6 nitrogen and oxygen atoms in total. The zero-order chi connectivity index (χ0) is 15.0. The highest BCUT2D eigenvalue weighted by atomic mass is 35.6. The summed E-state index contributed by atoms with van der Waals surface area (Å²) in [4.78, 5) is 34.3. The Balaban J connectivity index is 3.30. The first-order valence-electron chi connectivity index (χ1n) is 4.88. The molecular weight excluding hydrogens is 318 g/mol. The second-order valence-corrected chi connectivity index (χ2v) is 5.89. The number of rotatable bonds is 3. The molecule has 0 spiro atoms. The lowest BCUT2D eigenvalue weighted by atomic mass is 10.1. The molecule has 0 saturated carbocycles. The van der Waals surface area contributed by atoms with Crippen LogP contribution in [0.5, 0.6) is 0 Å². The van der Waals surface area contributed by atoms with Gasteiger partial charge in [-0.2, -0.15) is 0 Å². The van der Waals surface area contributed by atoms with Crippen LogP contribution in [0.1, 0.15) is 33.4 Å². The predicted molar refractivity (Wildman–Crippen MR) is 70.9 cm³/mol. The Morgan fingerprint density at radius 3 is 2.11 bits per heavy atom. The van der Waals surface area contributed by atoms with E-state index in [9.17, 15) is 14.4 Å². The Labute approximate surface area is 123 Å². The molecule has 19 heavy (non-hydrogen) atoms. The van der Waals surface area contributed by atoms with Gasteiger partial charge in [-0.15, -0.1) is 0 Å². The monoisotopic (exact) mass is 326 g/mol. The first-order chi connectivity index (χ1) is 8.55. The van der Waals surface area contributed by atoms with Crippen LogP contribution >= 0.6 is 34.8 Å². The van der Waals surface area contributed by atoms with E-state index in [4.69, 9.17) is 45.0 Å². The molecule has 0 bridgehead atoms. The molecule has 0 aliphatic rings. The van der Waals surface area contributed by atoms with Gasteiger partial charge in [0.15, 0.2) is 5.78 Å². The highest BCUT2D eigenvalue weighted by Crippen LogP contribution is 2.31. The Morgan fingerprint density at radius 1 is 1.21 bits per heavy atom. The number of alkyl halides is 3. The number of nitrogens with two attached hydrogens (primary N) is 1. The molecule has 0 aliphatic carbocycles. The number of amides is 2. The van der Waals surface area contributed by atoms with Crippen LogP contribution in [-0.4, -0.2) is 21.4 Å². The van der Waals surface area contributed by atoms with Crippen LogP contribution < -0.4 is 11.1 Å². The maximum Gasteiger partial charge on any atom is 0.278 e. The number of Topliss-reactive ketones (excluding diaryl/α,β-unsaturated/α-hetero) is 1. The number of aryl methyl sites for hydroxylation is 1. The van der Waals surface area contributed by atoms with Gasteiger partial charge in [-0.1, -0.05) is 34.8 Å². The van der Waals surface area contributed by atoms with Gasteiger partial charge in [-0.3, -0.25) is 19.7 Å². The van der Waals surface area contributed by atoms with Crippen LogP contribution in [0.4, 0.5) is 5.88 Å². The average Bonchev–Trinajstić information content (AvgIpc) is 2.53. The maximum atomic E-state index is 11.5. The summed E-state index contributed by atoms with van der Waals surface area (Å²) >= 11 is 16.1. The molecule has 0 fully saturated rings. The van der Waals surface area contributed by atoms with Gasteiger partial charge < -0.3 is 10.2 Å². The zero-order valence-electron chi connectivity index (χ0n) is 9.84. The third-order valence-electron chi connectivity index (χ3n) is 2.17. The first-order valence-corrected chi connectivity index (χ1v) is 6.01. The summed E-state index contributed by atoms with van der Waals surface area (Å²) in [5.74, 6) is -2.62. The van der Waals surface area contributed by atoms with E-state index in [-0.39, 0.29) is 22.8 Å². The highest BCUT2D eigenvalue weighted by Gasteiger charge is 2.34. The van der Waals surface area contributed by atoms with E-state index in [0.717, 1.165) is 0 Å². The molecule has 0 atom stereocenters. The summed E-state index contributed by atoms with van der Waals surface area (Å²) in [6.45, 7) is 2.67. The van der Waals surface area contributed by atoms with E-state index in [1.54, 1.807) is 0 Å². The van der Waals surface area contributed by atoms with Crippen LogP contribution in [0, 0.1) is 6.92 Å². The molecule has 1 rings (SSSR count). The van der Waals surface area contributed by atoms with E-state index in [2.05, 4.69) is 5.32 Å². The molecular formula is C10H9Cl3N2O4. The number of hydrogen-bond acceptors (Lipinski definition) is 4. The molecule has 9 heteroatoms. The van der Waals surface area contributed by atoms with E-state index in [0.29, 0.717) is 0 Å². The number of anilines is 1. The third kappa shape index (κ3) is 3.40. The van der Waals surface area contributed by atoms with Crippen LogP contribution in [0.2, 0.25) is 0 Å². The number of carbonyl (C=O) groups is 3. The largest absolute Gasteiger partial charge is 0.444 e. The van der Waals surface area contributed by atoms with Crippen molar-refractivity contribution in [3.05, 3.63) is 16.9 Å². The van der Waals surface area contributed by atoms with Gasteiger partial charge in [-0.05, 0) is 13.8 Å². The number of carbonyl (C=O) groups excluding carboxylic acids is 3. The van der Waals surface area contributed by atoms with Gasteiger partial charge in [0.25, 0.3) is 15.6 Å². The molecule has 0 radical (unpaired) electrons. The molecule has 0 saturated heterocycles. The second kappa shape index (κ2) is 5.40. The summed E-state index contributed by atoms with van der Waals surface area (Å²) in [6.07, 6.45) is 0. The summed E-state index contributed by atoms with van der Waals surface area (Å²) in [6, 6.07) is 0. The number of halogens is 3. The molecule has 104 valence electrons. The molecule has 1 aromatic heterocycles. The number of nitrogens with one attached hydrogen (secondary N) is 1. The smallest absolute Gasteiger partial charge is 0.278 e. The number of furan rings is 1. The highest BCUT2D eigenvalue weighted by molar-refractivity contribution is 6.76. The fourth-order valence-electron chi connectivity index (χ4n) is 1.47. The maximum absolute atomic E-state index is 11.5. The molecule has 3 N–H and O–H groups in total. The number of hydrogen-bond donors (Lipinski definition) is 2. The predicted octanol–water partition coefficient (Wildman–Crippen LogP) is 2.20. The van der Waals surface area contributed by atoms with Gasteiger partial charge in [0.05, 0.1) is 5.56 Å². The Morgan fingerprint density at radius 2 is 1.74 bits per heavy atom. The summed E-state index contributed by atoms with van der Waals surface area (Å²) in [5.41, 5.74) is 4.87. The van der Waals surface area contributed by atoms with Crippen molar-refractivity contribution in [1.29, 1.82) is 0 Å². The lowest BCUT2D eigenvalue weighted by Gasteiger charge is -2.10. The molecule has 0 unspecified atom stereocenters. The van der Waals surface area contributed by atoms with Crippen LogP contribution in [0.15, 0.2) is 4.42 Å². The lowest BCUT2D eigenvalue weighted by molar-refractivity contribution is -0.115. The summed E-state index contributed by atoms with van der Waals surface area (Å²) in [7, 11) is 0. The Bertz CT molecular complexity index is 560. The van der Waals surface area contributed by atoms with E-state index in [1.807, 2.05) is 0 Å². The minimum atomic E-state index is -2.24. The number of primary amides is 1. The standard InChI is InChI=1S/C10H9Cl3N2O4/c1-3(16)5-4(2)19-8(6(5)7(14)17)15-9(18)10(11,12)13/h1-2H3,(H2,14,17)(H,15,18). The van der Waals surface area contributed by atoms with Crippen molar-refractivity contribution >= 4 is 58.3 Å². The van der Waals surface area contributed by atoms with Crippen molar-refractivity contribution in [2.24, 2.45) is 5.73 Å². The minimum Gasteiger partial charge on any atom is -0.444 e. The van der Waals surface area contributed by atoms with Crippen LogP contribution in [0.25, 0.3) is 0 Å². The second-order valence-electron chi connectivity index (χ2n) is 3.61. The van der Waals surface area contributed by atoms with Gasteiger partial charge in [-0.25, -0.2) is 0 Å². The fourth-order valence-corrected chi connectivity index (χ4v) is 1.61. The Kier molecular flexibility index (Phi) is 4.50. The van der Waals surface area contributed by atoms with Crippen molar-refractivity contribution in [2.45, 2.75) is 17.6 Å². The normalized spacial score (nSPS) is 11.2. The van der Waals surface area contributed by atoms with E-state index >= 15 is 0 Å². The van der Waals surface area contributed by atoms with Crippen molar-refractivity contribution in [1.82, 2.24) is 0 Å². The van der Waals surface area contributed by atoms with Crippen molar-refractivity contribution < 1.29 is 18.8 Å². The summed E-state index contributed by atoms with van der Waals surface area (Å²) < 4.78 is 2.86. The third-order valence-corrected chi connectivity index (χ3v) is 2.68. The minimum absolute atomic E-state index is 0.0212. The Hall–Kier alpha value is -1.24.